The van der Waals surface area contributed by atoms with Gasteiger partial charge < -0.3 is 16.2 Å². The van der Waals surface area contributed by atoms with Crippen LogP contribution in [-0.2, 0) is 10.0 Å². The van der Waals surface area contributed by atoms with Crippen LogP contribution in [0.25, 0.3) is 0 Å². The number of aliphatic hydroxyl groups excluding tert-OH is 1. The highest BCUT2D eigenvalue weighted by Gasteiger charge is 2.16. The normalized spacial score (nSPS) is 11.4. The Balaban J connectivity index is 3.04. The second-order valence-corrected chi connectivity index (χ2v) is 5.32. The maximum absolute atomic E-state index is 11.8. The smallest absolute Gasteiger partial charge is 0.242 e. The first-order valence-corrected chi connectivity index (χ1v) is 6.67. The first-order valence-electron chi connectivity index (χ1n) is 5.19. The molecule has 0 saturated carbocycles. The molecule has 0 saturated heterocycles. The fraction of sp³-hybridized carbons (Fsp3) is 0.400. The predicted octanol–water partition coefficient (Wildman–Crippen LogP) is -0.0288. The zero-order valence-corrected chi connectivity index (χ0v) is 10.4. The Morgan fingerprint density at radius 2 is 2.12 bits per heavy atom. The summed E-state index contributed by atoms with van der Waals surface area (Å²) in [6, 6.07) is 4.63. The van der Waals surface area contributed by atoms with Gasteiger partial charge in [0, 0.05) is 18.8 Å². The summed E-state index contributed by atoms with van der Waals surface area (Å²) in [4.78, 5) is 0.109. The molecule has 0 aromatic heterocycles. The quantitative estimate of drug-likeness (QED) is 0.424. The third-order valence-corrected chi connectivity index (χ3v) is 3.67. The highest BCUT2D eigenvalue weighted by molar-refractivity contribution is 7.89. The van der Waals surface area contributed by atoms with Crippen molar-refractivity contribution in [3.05, 3.63) is 18.2 Å². The van der Waals surface area contributed by atoms with Crippen molar-refractivity contribution in [1.82, 2.24) is 4.72 Å². The van der Waals surface area contributed by atoms with E-state index in [2.05, 4.69) is 10.0 Å². The van der Waals surface area contributed by atoms with E-state index in [1.807, 2.05) is 0 Å². The molecule has 0 aliphatic rings. The molecule has 0 heterocycles. The number of hydrogen-bond donors (Lipinski definition) is 4. The van der Waals surface area contributed by atoms with Crippen LogP contribution in [-0.4, -0.2) is 33.7 Å². The maximum atomic E-state index is 11.8. The maximum Gasteiger partial charge on any atom is 0.242 e. The number of rotatable bonds is 6. The third-order valence-electron chi connectivity index (χ3n) is 2.21. The van der Waals surface area contributed by atoms with E-state index in [0.29, 0.717) is 24.3 Å². The van der Waals surface area contributed by atoms with E-state index in [1.165, 1.54) is 13.1 Å². The van der Waals surface area contributed by atoms with Gasteiger partial charge in [-0.15, -0.1) is 0 Å². The summed E-state index contributed by atoms with van der Waals surface area (Å²) < 4.78 is 25.7. The highest BCUT2D eigenvalue weighted by Crippen LogP contribution is 2.23. The van der Waals surface area contributed by atoms with E-state index in [-0.39, 0.29) is 11.5 Å². The number of anilines is 2. The van der Waals surface area contributed by atoms with Gasteiger partial charge in [0.05, 0.1) is 5.69 Å². The highest BCUT2D eigenvalue weighted by atomic mass is 32.2. The molecule has 0 radical (unpaired) electrons. The van der Waals surface area contributed by atoms with E-state index < -0.39 is 10.0 Å². The molecule has 0 unspecified atom stereocenters. The molecule has 0 atom stereocenters. The van der Waals surface area contributed by atoms with Crippen molar-refractivity contribution >= 4 is 21.4 Å². The molecule has 0 aliphatic carbocycles. The van der Waals surface area contributed by atoms with E-state index in [4.69, 9.17) is 10.8 Å². The van der Waals surface area contributed by atoms with E-state index >= 15 is 0 Å². The Hall–Kier alpha value is -1.31. The zero-order valence-electron chi connectivity index (χ0n) is 9.60. The molecule has 96 valence electrons. The minimum Gasteiger partial charge on any atom is -0.399 e. The monoisotopic (exact) mass is 259 g/mol. The number of aliphatic hydroxyl groups is 1. The Kier molecular flexibility index (Phi) is 4.73. The average molecular weight is 259 g/mol. The second-order valence-electron chi connectivity index (χ2n) is 3.47. The Labute approximate surface area is 101 Å². The fourth-order valence-electron chi connectivity index (χ4n) is 1.32. The van der Waals surface area contributed by atoms with Gasteiger partial charge in [-0.05, 0) is 31.7 Å². The van der Waals surface area contributed by atoms with Crippen molar-refractivity contribution in [2.45, 2.75) is 11.3 Å². The molecule has 6 nitrogen and oxygen atoms in total. The molecule has 5 N–H and O–H groups in total. The van der Waals surface area contributed by atoms with Gasteiger partial charge >= 0.3 is 0 Å². The number of nitrogens with two attached hydrogens (primary N) is 1. The van der Waals surface area contributed by atoms with Gasteiger partial charge in [-0.2, -0.15) is 0 Å². The van der Waals surface area contributed by atoms with Crippen LogP contribution in [0.3, 0.4) is 0 Å². The fourth-order valence-corrected chi connectivity index (χ4v) is 2.26. The van der Waals surface area contributed by atoms with Crippen molar-refractivity contribution in [2.75, 3.05) is 31.2 Å². The van der Waals surface area contributed by atoms with Crippen LogP contribution >= 0.6 is 0 Å². The lowest BCUT2D eigenvalue weighted by molar-refractivity contribution is 0.292. The van der Waals surface area contributed by atoms with Crippen molar-refractivity contribution in [1.29, 1.82) is 0 Å². The van der Waals surface area contributed by atoms with Crippen LogP contribution < -0.4 is 15.8 Å². The molecule has 1 rings (SSSR count). The van der Waals surface area contributed by atoms with Gasteiger partial charge in [0.15, 0.2) is 0 Å². The van der Waals surface area contributed by atoms with E-state index in [1.54, 1.807) is 12.1 Å². The summed E-state index contributed by atoms with van der Waals surface area (Å²) in [7, 11) is -2.20. The van der Waals surface area contributed by atoms with Crippen molar-refractivity contribution < 1.29 is 13.5 Å². The van der Waals surface area contributed by atoms with Gasteiger partial charge in [-0.25, -0.2) is 13.1 Å². The molecule has 17 heavy (non-hydrogen) atoms. The Bertz CT molecular complexity index is 474. The topological polar surface area (TPSA) is 104 Å². The molecule has 0 fully saturated rings. The van der Waals surface area contributed by atoms with Gasteiger partial charge in [0.2, 0.25) is 10.0 Å². The molecule has 0 aliphatic heterocycles. The molecular weight excluding hydrogens is 242 g/mol. The van der Waals surface area contributed by atoms with Crippen LogP contribution in [0.2, 0.25) is 0 Å². The minimum absolute atomic E-state index is 0.0517. The molecule has 7 heteroatoms. The summed E-state index contributed by atoms with van der Waals surface area (Å²) in [6.45, 7) is 0.544. The van der Waals surface area contributed by atoms with Crippen LogP contribution in [0.5, 0.6) is 0 Å². The van der Waals surface area contributed by atoms with Gasteiger partial charge in [0.25, 0.3) is 0 Å². The molecular formula is C10H17N3O3S. The van der Waals surface area contributed by atoms with Crippen LogP contribution in [0, 0.1) is 0 Å². The molecule has 1 aromatic carbocycles. The van der Waals surface area contributed by atoms with Crippen molar-refractivity contribution in [3.8, 4) is 0 Å². The third kappa shape index (κ3) is 3.58. The van der Waals surface area contributed by atoms with Crippen LogP contribution in [0.4, 0.5) is 11.4 Å². The SMILES string of the molecule is CNS(=O)(=O)c1cc(N)ccc1NCCCO. The number of nitrogens with one attached hydrogen (secondary N) is 2. The first-order chi connectivity index (χ1) is 8.01. The zero-order chi connectivity index (χ0) is 12.9. The number of nitrogen functional groups attached to an aromatic ring is 1. The number of benzene rings is 1. The lowest BCUT2D eigenvalue weighted by atomic mass is 10.3. The molecule has 0 amide bonds. The first kappa shape index (κ1) is 13.8. The van der Waals surface area contributed by atoms with Crippen LogP contribution in [0.1, 0.15) is 6.42 Å². The molecule has 1 aromatic rings. The van der Waals surface area contributed by atoms with Crippen LogP contribution in [0.15, 0.2) is 23.1 Å². The molecule has 0 bridgehead atoms. The average Bonchev–Trinajstić information content (AvgIpc) is 2.31. The van der Waals surface area contributed by atoms with E-state index in [0.717, 1.165) is 0 Å². The van der Waals surface area contributed by atoms with Gasteiger partial charge in [-0.3, -0.25) is 0 Å². The van der Waals surface area contributed by atoms with Crippen molar-refractivity contribution in [3.63, 3.8) is 0 Å². The number of hydrogen-bond acceptors (Lipinski definition) is 5. The summed E-state index contributed by atoms with van der Waals surface area (Å²) in [6.07, 6.45) is 0.545. The van der Waals surface area contributed by atoms with Crippen molar-refractivity contribution in [2.24, 2.45) is 0 Å². The largest absolute Gasteiger partial charge is 0.399 e. The Morgan fingerprint density at radius 1 is 1.41 bits per heavy atom. The van der Waals surface area contributed by atoms with Gasteiger partial charge in [-0.1, -0.05) is 0 Å². The summed E-state index contributed by atoms with van der Waals surface area (Å²) in [5.74, 6) is 0. The van der Waals surface area contributed by atoms with Gasteiger partial charge in [0.1, 0.15) is 4.90 Å². The Morgan fingerprint density at radius 3 is 2.71 bits per heavy atom. The number of sulfonamides is 1. The standard InChI is InChI=1S/C10H17N3O3S/c1-12-17(15,16)10-7-8(11)3-4-9(10)13-5-2-6-14/h3-4,7,12-14H,2,5-6,11H2,1H3. The minimum atomic E-state index is -3.54. The lowest BCUT2D eigenvalue weighted by Crippen LogP contribution is -2.20. The lowest BCUT2D eigenvalue weighted by Gasteiger charge is -2.12. The second kappa shape index (κ2) is 5.85. The van der Waals surface area contributed by atoms with E-state index in [9.17, 15) is 8.42 Å². The molecule has 0 spiro atoms. The summed E-state index contributed by atoms with van der Waals surface area (Å²) in [5.41, 5.74) is 6.43. The predicted molar refractivity (Wildman–Crippen MR) is 67.3 cm³/mol. The summed E-state index contributed by atoms with van der Waals surface area (Å²) >= 11 is 0. The summed E-state index contributed by atoms with van der Waals surface area (Å²) in [5, 5.41) is 11.6.